The maximum atomic E-state index is 11.5. The number of ether oxygens (including phenoxy) is 1. The van der Waals surface area contributed by atoms with Gasteiger partial charge >= 0.3 is 5.97 Å². The lowest BCUT2D eigenvalue weighted by Gasteiger charge is -2.50. The van der Waals surface area contributed by atoms with Crippen molar-refractivity contribution in [2.75, 3.05) is 7.11 Å². The van der Waals surface area contributed by atoms with Crippen molar-refractivity contribution in [2.45, 2.75) is 63.6 Å². The first-order valence-electron chi connectivity index (χ1n) is 6.09. The van der Waals surface area contributed by atoms with Gasteiger partial charge in [-0.15, -0.1) is 0 Å². The van der Waals surface area contributed by atoms with Crippen molar-refractivity contribution in [1.82, 2.24) is 4.90 Å². The maximum Gasteiger partial charge on any atom is 0.323 e. The molecule has 1 aliphatic heterocycles. The Hall–Kier alpha value is -0.570. The SMILES string of the molecule is COC(=O)[C@@H]1C[C@@H](C)N1C1CCCCC1. The summed E-state index contributed by atoms with van der Waals surface area (Å²) in [6.07, 6.45) is 7.50. The average molecular weight is 211 g/mol. The molecule has 0 radical (unpaired) electrons. The zero-order valence-corrected chi connectivity index (χ0v) is 9.74. The van der Waals surface area contributed by atoms with Crippen molar-refractivity contribution in [2.24, 2.45) is 0 Å². The van der Waals surface area contributed by atoms with Crippen molar-refractivity contribution in [3.05, 3.63) is 0 Å². The van der Waals surface area contributed by atoms with Crippen molar-refractivity contribution in [3.8, 4) is 0 Å². The second-order valence-corrected chi connectivity index (χ2v) is 4.86. The Morgan fingerprint density at radius 2 is 1.93 bits per heavy atom. The molecule has 1 saturated carbocycles. The molecule has 0 aromatic rings. The first kappa shape index (κ1) is 10.9. The molecule has 0 bridgehead atoms. The van der Waals surface area contributed by atoms with Gasteiger partial charge in [-0.2, -0.15) is 0 Å². The van der Waals surface area contributed by atoms with Gasteiger partial charge in [-0.25, -0.2) is 0 Å². The van der Waals surface area contributed by atoms with Gasteiger partial charge in [-0.1, -0.05) is 19.3 Å². The third kappa shape index (κ3) is 2.03. The van der Waals surface area contributed by atoms with Gasteiger partial charge < -0.3 is 4.74 Å². The van der Waals surface area contributed by atoms with Gasteiger partial charge in [-0.05, 0) is 26.2 Å². The van der Waals surface area contributed by atoms with Crippen LogP contribution in [0.3, 0.4) is 0 Å². The minimum absolute atomic E-state index is 0.0429. The molecule has 2 aliphatic rings. The molecule has 86 valence electrons. The van der Waals surface area contributed by atoms with Crippen molar-refractivity contribution >= 4 is 5.97 Å². The Balaban J connectivity index is 1.96. The molecule has 0 unspecified atom stereocenters. The van der Waals surface area contributed by atoms with Crippen molar-refractivity contribution in [1.29, 1.82) is 0 Å². The highest BCUT2D eigenvalue weighted by Crippen LogP contribution is 2.34. The minimum Gasteiger partial charge on any atom is -0.468 e. The number of nitrogens with zero attached hydrogens (tertiary/aromatic N) is 1. The van der Waals surface area contributed by atoms with E-state index in [1.807, 2.05) is 0 Å². The molecule has 2 rings (SSSR count). The largest absolute Gasteiger partial charge is 0.468 e. The van der Waals surface area contributed by atoms with E-state index in [0.717, 1.165) is 6.42 Å². The van der Waals surface area contributed by atoms with Gasteiger partial charge in [0, 0.05) is 12.1 Å². The second-order valence-electron chi connectivity index (χ2n) is 4.86. The topological polar surface area (TPSA) is 29.5 Å². The highest BCUT2D eigenvalue weighted by Gasteiger charge is 2.44. The summed E-state index contributed by atoms with van der Waals surface area (Å²) < 4.78 is 4.84. The molecule has 2 fully saturated rings. The summed E-state index contributed by atoms with van der Waals surface area (Å²) in [6, 6.07) is 1.25. The lowest BCUT2D eigenvalue weighted by Crippen LogP contribution is -2.62. The van der Waals surface area contributed by atoms with E-state index in [9.17, 15) is 4.79 Å². The molecular weight excluding hydrogens is 190 g/mol. The van der Waals surface area contributed by atoms with Crippen LogP contribution in [-0.4, -0.2) is 36.1 Å². The van der Waals surface area contributed by atoms with Crippen molar-refractivity contribution in [3.63, 3.8) is 0 Å². The predicted octanol–water partition coefficient (Wildman–Crippen LogP) is 1.95. The zero-order valence-electron chi connectivity index (χ0n) is 9.74. The van der Waals surface area contributed by atoms with Crippen LogP contribution in [0, 0.1) is 0 Å². The summed E-state index contributed by atoms with van der Waals surface area (Å²) in [4.78, 5) is 13.9. The van der Waals surface area contributed by atoms with Crippen LogP contribution in [0.4, 0.5) is 0 Å². The Morgan fingerprint density at radius 3 is 2.47 bits per heavy atom. The standard InChI is InChI=1S/C12H21NO2/c1-9-8-11(12(14)15-2)13(9)10-6-4-3-5-7-10/h9-11H,3-8H2,1-2H3/t9-,11+/m1/s1. The summed E-state index contributed by atoms with van der Waals surface area (Å²) in [5.41, 5.74) is 0. The van der Waals surface area contributed by atoms with Gasteiger partial charge in [0.05, 0.1) is 7.11 Å². The number of hydrogen-bond donors (Lipinski definition) is 0. The number of esters is 1. The van der Waals surface area contributed by atoms with E-state index >= 15 is 0 Å². The molecule has 15 heavy (non-hydrogen) atoms. The summed E-state index contributed by atoms with van der Waals surface area (Å²) in [5, 5.41) is 0. The van der Waals surface area contributed by atoms with E-state index in [4.69, 9.17) is 4.74 Å². The van der Waals surface area contributed by atoms with Crippen LogP contribution in [0.1, 0.15) is 45.4 Å². The smallest absolute Gasteiger partial charge is 0.323 e. The lowest BCUT2D eigenvalue weighted by atomic mass is 9.85. The number of carbonyl (C=O) groups is 1. The molecule has 0 aromatic heterocycles. The fourth-order valence-electron chi connectivity index (χ4n) is 3.08. The molecule has 0 aromatic carbocycles. The van der Waals surface area contributed by atoms with E-state index < -0.39 is 0 Å². The summed E-state index contributed by atoms with van der Waals surface area (Å²) in [7, 11) is 1.49. The lowest BCUT2D eigenvalue weighted by molar-refractivity contribution is -0.159. The predicted molar refractivity (Wildman–Crippen MR) is 58.6 cm³/mol. The molecule has 0 N–H and O–H groups in total. The molecule has 0 spiro atoms. The molecule has 1 saturated heterocycles. The minimum atomic E-state index is -0.0429. The van der Waals surface area contributed by atoms with E-state index in [-0.39, 0.29) is 12.0 Å². The first-order valence-corrected chi connectivity index (χ1v) is 6.09. The number of methoxy groups -OCH3 is 1. The van der Waals surface area contributed by atoms with Gasteiger partial charge in [0.2, 0.25) is 0 Å². The van der Waals surface area contributed by atoms with Crippen LogP contribution in [0.15, 0.2) is 0 Å². The average Bonchev–Trinajstić information content (AvgIpc) is 2.26. The molecule has 3 nitrogen and oxygen atoms in total. The van der Waals surface area contributed by atoms with Gasteiger partial charge in [-0.3, -0.25) is 9.69 Å². The summed E-state index contributed by atoms with van der Waals surface area (Å²) in [6.45, 7) is 2.22. The molecule has 0 amide bonds. The van der Waals surface area contributed by atoms with Crippen LogP contribution < -0.4 is 0 Å². The van der Waals surface area contributed by atoms with Gasteiger partial charge in [0.25, 0.3) is 0 Å². The van der Waals surface area contributed by atoms with E-state index in [1.165, 1.54) is 39.2 Å². The highest BCUT2D eigenvalue weighted by molar-refractivity contribution is 5.77. The quantitative estimate of drug-likeness (QED) is 0.654. The van der Waals surface area contributed by atoms with Gasteiger partial charge in [0.15, 0.2) is 0 Å². The van der Waals surface area contributed by atoms with E-state index in [0.29, 0.717) is 12.1 Å². The van der Waals surface area contributed by atoms with Crippen LogP contribution in [-0.2, 0) is 9.53 Å². The number of likely N-dealkylation sites (tertiary alicyclic amines) is 1. The Kier molecular flexibility index (Phi) is 3.29. The number of hydrogen-bond acceptors (Lipinski definition) is 3. The number of rotatable bonds is 2. The van der Waals surface area contributed by atoms with Gasteiger partial charge in [0.1, 0.15) is 6.04 Å². The fraction of sp³-hybridized carbons (Fsp3) is 0.917. The third-order valence-electron chi connectivity index (χ3n) is 3.90. The zero-order chi connectivity index (χ0) is 10.8. The molecule has 3 heteroatoms. The van der Waals surface area contributed by atoms with Crippen molar-refractivity contribution < 1.29 is 9.53 Å². The second kappa shape index (κ2) is 4.52. The van der Waals surface area contributed by atoms with Crippen LogP contribution >= 0.6 is 0 Å². The van der Waals surface area contributed by atoms with Crippen LogP contribution in [0.2, 0.25) is 0 Å². The third-order valence-corrected chi connectivity index (χ3v) is 3.90. The van der Waals surface area contributed by atoms with Crippen LogP contribution in [0.5, 0.6) is 0 Å². The van der Waals surface area contributed by atoms with E-state index in [1.54, 1.807) is 0 Å². The highest BCUT2D eigenvalue weighted by atomic mass is 16.5. The fourth-order valence-corrected chi connectivity index (χ4v) is 3.08. The normalized spacial score (nSPS) is 33.5. The Labute approximate surface area is 91.8 Å². The maximum absolute atomic E-state index is 11.5. The molecule has 2 atom stereocenters. The summed E-state index contributed by atoms with van der Waals surface area (Å²) in [5.74, 6) is -0.0429. The first-order chi connectivity index (χ1) is 7.24. The van der Waals surface area contributed by atoms with Crippen LogP contribution in [0.25, 0.3) is 0 Å². The molecular formula is C12H21NO2. The number of carbonyl (C=O) groups excluding carboxylic acids is 1. The molecule has 1 heterocycles. The van der Waals surface area contributed by atoms with E-state index in [2.05, 4.69) is 11.8 Å². The Bertz CT molecular complexity index is 236. The monoisotopic (exact) mass is 211 g/mol. The summed E-state index contributed by atoms with van der Waals surface area (Å²) >= 11 is 0. The molecule has 1 aliphatic carbocycles. The Morgan fingerprint density at radius 1 is 1.27 bits per heavy atom.